The molecule has 0 saturated heterocycles. The number of anilines is 2. The number of hydrogen-bond donors (Lipinski definition) is 2. The second-order valence-electron chi connectivity index (χ2n) is 5.68. The van der Waals surface area contributed by atoms with E-state index >= 15 is 0 Å². The molecule has 0 aliphatic heterocycles. The van der Waals surface area contributed by atoms with E-state index in [1.54, 1.807) is 0 Å². The van der Waals surface area contributed by atoms with E-state index in [1.807, 2.05) is 31.3 Å². The highest BCUT2D eigenvalue weighted by molar-refractivity contribution is 5.95. The molecule has 3 nitrogen and oxygen atoms in total. The quantitative estimate of drug-likeness (QED) is 0.895. The van der Waals surface area contributed by atoms with Gasteiger partial charge in [0.1, 0.15) is 0 Å². The van der Waals surface area contributed by atoms with Gasteiger partial charge in [-0.2, -0.15) is 0 Å². The molecule has 3 rings (SSSR count). The van der Waals surface area contributed by atoms with Crippen LogP contribution in [-0.2, 0) is 4.79 Å². The van der Waals surface area contributed by atoms with Crippen molar-refractivity contribution < 1.29 is 4.79 Å². The van der Waals surface area contributed by atoms with E-state index in [4.69, 9.17) is 0 Å². The average Bonchev–Trinajstić information content (AvgIpc) is 3.29. The number of amides is 1. The number of hydrogen-bond acceptors (Lipinski definition) is 2. The summed E-state index contributed by atoms with van der Waals surface area (Å²) in [5.74, 6) is 0.608. The van der Waals surface area contributed by atoms with Crippen LogP contribution in [0.25, 0.3) is 0 Å². The van der Waals surface area contributed by atoms with Crippen molar-refractivity contribution in [2.24, 2.45) is 5.92 Å². The summed E-state index contributed by atoms with van der Waals surface area (Å²) in [6, 6.07) is 16.3. The standard InChI is InChI=1S/C18H20N2O/c1-12-3-5-13(6-4-12)16-11-17(16)18(21)20-15-9-7-14(19-2)8-10-15/h3-10,16-17,19H,11H2,1-2H3,(H,20,21). The molecule has 0 bridgehead atoms. The van der Waals surface area contributed by atoms with Gasteiger partial charge in [-0.15, -0.1) is 0 Å². The topological polar surface area (TPSA) is 41.1 Å². The highest BCUT2D eigenvalue weighted by Crippen LogP contribution is 2.48. The van der Waals surface area contributed by atoms with E-state index in [-0.39, 0.29) is 11.8 Å². The molecule has 3 heteroatoms. The van der Waals surface area contributed by atoms with Gasteiger partial charge in [0.25, 0.3) is 0 Å². The molecule has 0 radical (unpaired) electrons. The fourth-order valence-electron chi connectivity index (χ4n) is 2.62. The van der Waals surface area contributed by atoms with Crippen molar-refractivity contribution in [1.29, 1.82) is 0 Å². The lowest BCUT2D eigenvalue weighted by atomic mass is 10.1. The van der Waals surface area contributed by atoms with Gasteiger partial charge in [-0.3, -0.25) is 4.79 Å². The molecule has 0 spiro atoms. The van der Waals surface area contributed by atoms with Crippen LogP contribution in [0.1, 0.15) is 23.5 Å². The summed E-state index contributed by atoms with van der Waals surface area (Å²) in [6.45, 7) is 2.08. The van der Waals surface area contributed by atoms with E-state index in [0.29, 0.717) is 5.92 Å². The number of rotatable bonds is 4. The Kier molecular flexibility index (Phi) is 3.65. The maximum absolute atomic E-state index is 12.3. The Bertz CT molecular complexity index is 631. The summed E-state index contributed by atoms with van der Waals surface area (Å²) in [5, 5.41) is 6.06. The molecule has 21 heavy (non-hydrogen) atoms. The number of carbonyl (C=O) groups is 1. The lowest BCUT2D eigenvalue weighted by Gasteiger charge is -2.06. The largest absolute Gasteiger partial charge is 0.388 e. The smallest absolute Gasteiger partial charge is 0.228 e. The highest BCUT2D eigenvalue weighted by Gasteiger charge is 2.43. The first-order chi connectivity index (χ1) is 10.2. The van der Waals surface area contributed by atoms with Gasteiger partial charge < -0.3 is 10.6 Å². The Hall–Kier alpha value is -2.29. The highest BCUT2D eigenvalue weighted by atomic mass is 16.2. The van der Waals surface area contributed by atoms with Crippen LogP contribution >= 0.6 is 0 Å². The van der Waals surface area contributed by atoms with E-state index in [0.717, 1.165) is 17.8 Å². The molecule has 0 aromatic heterocycles. The Morgan fingerprint density at radius 3 is 2.24 bits per heavy atom. The third kappa shape index (κ3) is 3.07. The van der Waals surface area contributed by atoms with Crippen molar-refractivity contribution in [2.75, 3.05) is 17.7 Å². The zero-order valence-electron chi connectivity index (χ0n) is 12.4. The van der Waals surface area contributed by atoms with Crippen molar-refractivity contribution >= 4 is 17.3 Å². The molecule has 108 valence electrons. The number of nitrogens with one attached hydrogen (secondary N) is 2. The van der Waals surface area contributed by atoms with E-state index in [2.05, 4.69) is 41.8 Å². The van der Waals surface area contributed by atoms with E-state index < -0.39 is 0 Å². The second kappa shape index (κ2) is 5.60. The van der Waals surface area contributed by atoms with Crippen molar-refractivity contribution in [3.05, 3.63) is 59.7 Å². The van der Waals surface area contributed by atoms with E-state index in [9.17, 15) is 4.79 Å². The zero-order valence-corrected chi connectivity index (χ0v) is 12.4. The normalized spacial score (nSPS) is 19.9. The van der Waals surface area contributed by atoms with Gasteiger partial charge in [0.2, 0.25) is 5.91 Å². The molecule has 1 fully saturated rings. The summed E-state index contributed by atoms with van der Waals surface area (Å²) in [6.07, 6.45) is 0.948. The second-order valence-corrected chi connectivity index (χ2v) is 5.68. The summed E-state index contributed by atoms with van der Waals surface area (Å²) in [5.41, 5.74) is 4.42. The summed E-state index contributed by atoms with van der Waals surface area (Å²) < 4.78 is 0. The minimum Gasteiger partial charge on any atom is -0.388 e. The van der Waals surface area contributed by atoms with Gasteiger partial charge in [0.05, 0.1) is 0 Å². The van der Waals surface area contributed by atoms with Crippen LogP contribution < -0.4 is 10.6 Å². The maximum atomic E-state index is 12.3. The van der Waals surface area contributed by atoms with Crippen molar-refractivity contribution in [3.63, 3.8) is 0 Å². The van der Waals surface area contributed by atoms with Gasteiger partial charge in [-0.05, 0) is 49.1 Å². The first-order valence-corrected chi connectivity index (χ1v) is 7.32. The monoisotopic (exact) mass is 280 g/mol. The van der Waals surface area contributed by atoms with Gasteiger partial charge in [-0.25, -0.2) is 0 Å². The Morgan fingerprint density at radius 2 is 1.62 bits per heavy atom. The molecule has 0 heterocycles. The zero-order chi connectivity index (χ0) is 14.8. The molecular weight excluding hydrogens is 260 g/mol. The van der Waals surface area contributed by atoms with Crippen molar-refractivity contribution in [3.8, 4) is 0 Å². The Morgan fingerprint density at radius 1 is 1.00 bits per heavy atom. The molecule has 2 unspecified atom stereocenters. The lowest BCUT2D eigenvalue weighted by Crippen LogP contribution is -2.14. The van der Waals surface area contributed by atoms with Crippen molar-refractivity contribution in [2.45, 2.75) is 19.3 Å². The predicted molar refractivity (Wildman–Crippen MR) is 86.6 cm³/mol. The minimum atomic E-state index is 0.108. The van der Waals surface area contributed by atoms with Gasteiger partial charge in [-0.1, -0.05) is 29.8 Å². The van der Waals surface area contributed by atoms with Crippen LogP contribution in [0.5, 0.6) is 0 Å². The van der Waals surface area contributed by atoms with Gasteiger partial charge in [0, 0.05) is 24.3 Å². The molecule has 1 aliphatic carbocycles. The van der Waals surface area contributed by atoms with E-state index in [1.165, 1.54) is 11.1 Å². The molecule has 2 aromatic rings. The van der Waals surface area contributed by atoms with Crippen LogP contribution in [-0.4, -0.2) is 13.0 Å². The van der Waals surface area contributed by atoms with Gasteiger partial charge >= 0.3 is 0 Å². The van der Waals surface area contributed by atoms with Gasteiger partial charge in [0.15, 0.2) is 0 Å². The number of carbonyl (C=O) groups excluding carboxylic acids is 1. The van der Waals surface area contributed by atoms with Crippen LogP contribution in [0.2, 0.25) is 0 Å². The maximum Gasteiger partial charge on any atom is 0.228 e. The summed E-state index contributed by atoms with van der Waals surface area (Å²) >= 11 is 0. The minimum absolute atomic E-state index is 0.108. The average molecular weight is 280 g/mol. The molecule has 2 aromatic carbocycles. The first-order valence-electron chi connectivity index (χ1n) is 7.32. The summed E-state index contributed by atoms with van der Waals surface area (Å²) in [7, 11) is 1.88. The Balaban J connectivity index is 1.60. The third-order valence-electron chi connectivity index (χ3n) is 4.07. The lowest BCUT2D eigenvalue weighted by molar-refractivity contribution is -0.117. The fourth-order valence-corrected chi connectivity index (χ4v) is 2.62. The number of aryl methyl sites for hydroxylation is 1. The Labute approximate surface area is 125 Å². The predicted octanol–water partition coefficient (Wildman–Crippen LogP) is 3.78. The third-order valence-corrected chi connectivity index (χ3v) is 4.07. The molecule has 2 N–H and O–H groups in total. The van der Waals surface area contributed by atoms with Crippen LogP contribution in [0.3, 0.4) is 0 Å². The molecule has 2 atom stereocenters. The molecular formula is C18H20N2O. The van der Waals surface area contributed by atoms with Crippen LogP contribution in [0, 0.1) is 12.8 Å². The van der Waals surface area contributed by atoms with Crippen LogP contribution in [0.15, 0.2) is 48.5 Å². The SMILES string of the molecule is CNc1ccc(NC(=O)C2CC2c2ccc(C)cc2)cc1. The van der Waals surface area contributed by atoms with Crippen molar-refractivity contribution in [1.82, 2.24) is 0 Å². The molecule has 1 aliphatic rings. The number of benzene rings is 2. The summed E-state index contributed by atoms with van der Waals surface area (Å²) in [4.78, 5) is 12.3. The first kappa shape index (κ1) is 13.7. The molecule has 1 amide bonds. The van der Waals surface area contributed by atoms with Crippen LogP contribution in [0.4, 0.5) is 11.4 Å². The fraction of sp³-hybridized carbons (Fsp3) is 0.278. The molecule has 1 saturated carbocycles.